The van der Waals surface area contributed by atoms with Gasteiger partial charge in [-0.05, 0) is 43.4 Å². The van der Waals surface area contributed by atoms with E-state index in [1.807, 2.05) is 30.3 Å². The first-order valence-corrected chi connectivity index (χ1v) is 10.2. The molecule has 0 aliphatic heterocycles. The van der Waals surface area contributed by atoms with Crippen molar-refractivity contribution in [3.8, 4) is 0 Å². The van der Waals surface area contributed by atoms with Gasteiger partial charge in [-0.25, -0.2) is 0 Å². The molecule has 0 fully saturated rings. The monoisotopic (exact) mass is 353 g/mol. The second-order valence-corrected chi connectivity index (χ2v) is 8.27. The van der Waals surface area contributed by atoms with Gasteiger partial charge in [0.2, 0.25) is 0 Å². The molecule has 1 amide bonds. The topological polar surface area (TPSA) is 46.2 Å². The van der Waals surface area contributed by atoms with E-state index in [0.29, 0.717) is 0 Å². The quantitative estimate of drug-likeness (QED) is 0.346. The molecule has 1 rings (SSSR count). The van der Waals surface area contributed by atoms with Gasteiger partial charge in [0, 0.05) is 5.69 Å². The Hall–Kier alpha value is -0.940. The molecule has 5 heteroatoms. The number of hydrogen-bond acceptors (Lipinski definition) is 4. The standard InChI is InChI=1S/C18H27NO2S2/c1-4-6-13-22-18(15(3)20,23-14-7-5-2)17(21)19-16-11-9-8-10-12-16/h8-12H,4-7,13-14H2,1-3H3,(H,19,21). The summed E-state index contributed by atoms with van der Waals surface area (Å²) in [5, 5.41) is 2.92. The zero-order valence-electron chi connectivity index (χ0n) is 14.3. The minimum Gasteiger partial charge on any atom is -0.324 e. The Morgan fingerprint density at radius 2 is 1.52 bits per heavy atom. The summed E-state index contributed by atoms with van der Waals surface area (Å²) >= 11 is 2.96. The van der Waals surface area contributed by atoms with Crippen LogP contribution in [0.15, 0.2) is 30.3 Å². The van der Waals surface area contributed by atoms with Crippen molar-refractivity contribution in [1.82, 2.24) is 0 Å². The number of rotatable bonds is 11. The normalized spacial score (nSPS) is 11.3. The highest BCUT2D eigenvalue weighted by Crippen LogP contribution is 2.40. The molecule has 0 aliphatic rings. The minimum atomic E-state index is -1.04. The smallest absolute Gasteiger partial charge is 0.258 e. The Morgan fingerprint density at radius 1 is 1.00 bits per heavy atom. The van der Waals surface area contributed by atoms with Gasteiger partial charge in [0.25, 0.3) is 5.91 Å². The summed E-state index contributed by atoms with van der Waals surface area (Å²) in [7, 11) is 0. The SMILES string of the molecule is CCCCSC(SCCCC)(C(C)=O)C(=O)Nc1ccccc1. The highest BCUT2D eigenvalue weighted by atomic mass is 32.2. The maximum Gasteiger partial charge on any atom is 0.258 e. The molecule has 3 nitrogen and oxygen atoms in total. The fourth-order valence-corrected chi connectivity index (χ4v) is 5.04. The van der Waals surface area contributed by atoms with Crippen LogP contribution in [0.25, 0.3) is 0 Å². The van der Waals surface area contributed by atoms with Crippen LogP contribution >= 0.6 is 23.5 Å². The Bertz CT molecular complexity index is 481. The summed E-state index contributed by atoms with van der Waals surface area (Å²) in [5.41, 5.74) is 0.732. The Kier molecular flexibility index (Phi) is 9.41. The van der Waals surface area contributed by atoms with Crippen LogP contribution in [0.2, 0.25) is 0 Å². The average molecular weight is 354 g/mol. The minimum absolute atomic E-state index is 0.0758. The molecular formula is C18H27NO2S2. The Labute approximate surface area is 148 Å². The molecule has 1 aromatic rings. The molecule has 0 radical (unpaired) electrons. The molecule has 0 bridgehead atoms. The summed E-state index contributed by atoms with van der Waals surface area (Å²) < 4.78 is -1.04. The lowest BCUT2D eigenvalue weighted by atomic mass is 10.2. The van der Waals surface area contributed by atoms with E-state index < -0.39 is 4.08 Å². The molecule has 0 saturated carbocycles. The second-order valence-electron chi connectivity index (χ2n) is 5.40. The van der Waals surface area contributed by atoms with Crippen molar-refractivity contribution in [3.05, 3.63) is 30.3 Å². The third-order valence-electron chi connectivity index (χ3n) is 3.40. The molecule has 0 heterocycles. The van der Waals surface area contributed by atoms with E-state index >= 15 is 0 Å². The molecule has 0 spiro atoms. The van der Waals surface area contributed by atoms with Crippen LogP contribution in [-0.2, 0) is 9.59 Å². The molecule has 0 aliphatic carbocycles. The number of anilines is 1. The molecule has 1 aromatic carbocycles. The fourth-order valence-electron chi connectivity index (χ4n) is 1.99. The molecule has 128 valence electrons. The van der Waals surface area contributed by atoms with Crippen molar-refractivity contribution in [2.45, 2.75) is 50.5 Å². The van der Waals surface area contributed by atoms with Gasteiger partial charge in [-0.3, -0.25) is 9.59 Å². The summed E-state index contributed by atoms with van der Waals surface area (Å²) in [6.45, 7) is 5.76. The maximum atomic E-state index is 12.9. The van der Waals surface area contributed by atoms with E-state index in [1.165, 1.54) is 30.4 Å². The molecule has 0 aromatic heterocycles. The number of thioether (sulfide) groups is 2. The first kappa shape index (κ1) is 20.1. The first-order chi connectivity index (χ1) is 11.1. The van der Waals surface area contributed by atoms with Crippen molar-refractivity contribution in [2.24, 2.45) is 0 Å². The lowest BCUT2D eigenvalue weighted by Gasteiger charge is -2.29. The van der Waals surface area contributed by atoms with Crippen LogP contribution < -0.4 is 5.32 Å². The third-order valence-corrected chi connectivity index (χ3v) is 6.85. The highest BCUT2D eigenvalue weighted by Gasteiger charge is 2.44. The van der Waals surface area contributed by atoms with E-state index in [1.54, 1.807) is 0 Å². The van der Waals surface area contributed by atoms with Crippen molar-refractivity contribution in [1.29, 1.82) is 0 Å². The molecule has 1 N–H and O–H groups in total. The zero-order valence-corrected chi connectivity index (χ0v) is 15.9. The van der Waals surface area contributed by atoms with E-state index in [2.05, 4.69) is 19.2 Å². The number of nitrogens with one attached hydrogen (secondary N) is 1. The Balaban J connectivity index is 2.93. The molecular weight excluding hydrogens is 326 g/mol. The largest absolute Gasteiger partial charge is 0.324 e. The van der Waals surface area contributed by atoms with Gasteiger partial charge in [-0.2, -0.15) is 0 Å². The number of benzene rings is 1. The van der Waals surface area contributed by atoms with Crippen LogP contribution in [0.1, 0.15) is 46.5 Å². The number of unbranched alkanes of at least 4 members (excludes halogenated alkanes) is 2. The van der Waals surface area contributed by atoms with E-state index in [-0.39, 0.29) is 11.7 Å². The third kappa shape index (κ3) is 6.22. The summed E-state index contributed by atoms with van der Waals surface area (Å²) in [5.74, 6) is 1.35. The predicted molar refractivity (Wildman–Crippen MR) is 103 cm³/mol. The highest BCUT2D eigenvalue weighted by molar-refractivity contribution is 8.20. The number of amides is 1. The molecule has 0 unspecified atom stereocenters. The van der Waals surface area contributed by atoms with Crippen molar-refractivity contribution in [3.63, 3.8) is 0 Å². The lowest BCUT2D eigenvalue weighted by Crippen LogP contribution is -2.43. The number of Topliss-reactive ketones (excluding diaryl/α,β-unsaturated/α-hetero) is 1. The fraction of sp³-hybridized carbons (Fsp3) is 0.556. The van der Waals surface area contributed by atoms with Crippen LogP contribution in [0.5, 0.6) is 0 Å². The number of ketones is 1. The van der Waals surface area contributed by atoms with E-state index in [0.717, 1.165) is 42.9 Å². The number of carbonyl (C=O) groups excluding carboxylic acids is 2. The van der Waals surface area contributed by atoms with Crippen LogP contribution in [-0.4, -0.2) is 27.3 Å². The van der Waals surface area contributed by atoms with Gasteiger partial charge in [0.05, 0.1) is 0 Å². The van der Waals surface area contributed by atoms with Gasteiger partial charge in [0.1, 0.15) is 0 Å². The summed E-state index contributed by atoms with van der Waals surface area (Å²) in [6.07, 6.45) is 4.13. The van der Waals surface area contributed by atoms with Gasteiger partial charge in [-0.1, -0.05) is 44.9 Å². The van der Waals surface area contributed by atoms with Gasteiger partial charge >= 0.3 is 0 Å². The molecule has 0 saturated heterocycles. The molecule has 23 heavy (non-hydrogen) atoms. The summed E-state index contributed by atoms with van der Waals surface area (Å²) in [6, 6.07) is 9.34. The average Bonchev–Trinajstić information content (AvgIpc) is 2.54. The van der Waals surface area contributed by atoms with Crippen LogP contribution in [0, 0.1) is 0 Å². The van der Waals surface area contributed by atoms with E-state index in [9.17, 15) is 9.59 Å². The van der Waals surface area contributed by atoms with Gasteiger partial charge in [0.15, 0.2) is 9.86 Å². The van der Waals surface area contributed by atoms with Crippen LogP contribution in [0.3, 0.4) is 0 Å². The van der Waals surface area contributed by atoms with Gasteiger partial charge in [-0.15, -0.1) is 23.5 Å². The maximum absolute atomic E-state index is 12.9. The van der Waals surface area contributed by atoms with Crippen LogP contribution in [0.4, 0.5) is 5.69 Å². The summed E-state index contributed by atoms with van der Waals surface area (Å²) in [4.78, 5) is 25.3. The lowest BCUT2D eigenvalue weighted by molar-refractivity contribution is -0.124. The number of hydrogen-bond donors (Lipinski definition) is 1. The zero-order chi connectivity index (χ0) is 17.1. The van der Waals surface area contributed by atoms with Crippen molar-refractivity contribution >= 4 is 40.9 Å². The number of para-hydroxylation sites is 1. The van der Waals surface area contributed by atoms with E-state index in [4.69, 9.17) is 0 Å². The number of carbonyl (C=O) groups is 2. The van der Waals surface area contributed by atoms with Gasteiger partial charge < -0.3 is 5.32 Å². The van der Waals surface area contributed by atoms with Crippen molar-refractivity contribution < 1.29 is 9.59 Å². The Morgan fingerprint density at radius 3 is 1.96 bits per heavy atom. The second kappa shape index (κ2) is 10.8. The molecule has 0 atom stereocenters. The first-order valence-electron chi connectivity index (χ1n) is 8.22. The van der Waals surface area contributed by atoms with Crippen molar-refractivity contribution in [2.75, 3.05) is 16.8 Å². The predicted octanol–water partition coefficient (Wildman–Crippen LogP) is 4.98.